The Bertz CT molecular complexity index is 323. The molecular formula is C15H23BrO. The summed E-state index contributed by atoms with van der Waals surface area (Å²) in [7, 11) is 0. The predicted octanol–water partition coefficient (Wildman–Crippen LogP) is 5.45. The highest BCUT2D eigenvalue weighted by atomic mass is 79.9. The van der Waals surface area contributed by atoms with Gasteiger partial charge in [0.05, 0.1) is 4.47 Å². The van der Waals surface area contributed by atoms with Gasteiger partial charge in [0.25, 0.3) is 0 Å². The number of para-hydroxylation sites is 1. The molecule has 0 aliphatic heterocycles. The molecule has 17 heavy (non-hydrogen) atoms. The van der Waals surface area contributed by atoms with Crippen LogP contribution < -0.4 is 0 Å². The second-order valence-corrected chi connectivity index (χ2v) is 5.47. The minimum absolute atomic E-state index is 0.415. The maximum absolute atomic E-state index is 9.82. The number of aryl methyl sites for hydroxylation is 1. The van der Waals surface area contributed by atoms with E-state index in [1.807, 2.05) is 18.2 Å². The second-order valence-electron chi connectivity index (χ2n) is 4.62. The van der Waals surface area contributed by atoms with Crippen LogP contribution in [0.25, 0.3) is 0 Å². The van der Waals surface area contributed by atoms with Crippen molar-refractivity contribution in [3.05, 3.63) is 28.2 Å². The van der Waals surface area contributed by atoms with E-state index in [9.17, 15) is 5.11 Å². The van der Waals surface area contributed by atoms with Crippen molar-refractivity contribution in [3.8, 4) is 5.75 Å². The minimum Gasteiger partial charge on any atom is -0.506 e. The Labute approximate surface area is 113 Å². The molecule has 0 aliphatic rings. The molecule has 0 saturated heterocycles. The van der Waals surface area contributed by atoms with E-state index in [2.05, 4.69) is 22.9 Å². The molecule has 1 rings (SSSR count). The number of unbranched alkanes of at least 4 members (excludes halogenated alkanes) is 6. The van der Waals surface area contributed by atoms with Gasteiger partial charge in [0.15, 0.2) is 0 Å². The van der Waals surface area contributed by atoms with Crippen molar-refractivity contribution in [1.82, 2.24) is 0 Å². The molecule has 0 spiro atoms. The largest absolute Gasteiger partial charge is 0.506 e. The zero-order valence-corrected chi connectivity index (χ0v) is 12.3. The monoisotopic (exact) mass is 298 g/mol. The summed E-state index contributed by atoms with van der Waals surface area (Å²) in [6.45, 7) is 2.25. The number of benzene rings is 1. The van der Waals surface area contributed by atoms with Gasteiger partial charge in [0.2, 0.25) is 0 Å². The summed E-state index contributed by atoms with van der Waals surface area (Å²) in [4.78, 5) is 0. The van der Waals surface area contributed by atoms with Crippen LogP contribution in [0.15, 0.2) is 22.7 Å². The third kappa shape index (κ3) is 5.58. The van der Waals surface area contributed by atoms with Gasteiger partial charge in [-0.05, 0) is 40.4 Å². The van der Waals surface area contributed by atoms with Gasteiger partial charge in [0.1, 0.15) is 5.75 Å². The first-order valence-electron chi connectivity index (χ1n) is 6.72. The van der Waals surface area contributed by atoms with Crippen LogP contribution in [0.5, 0.6) is 5.75 Å². The minimum atomic E-state index is 0.415. The van der Waals surface area contributed by atoms with Gasteiger partial charge in [-0.2, -0.15) is 0 Å². The molecule has 1 aromatic rings. The summed E-state index contributed by atoms with van der Waals surface area (Å²) >= 11 is 3.35. The molecule has 0 radical (unpaired) electrons. The number of rotatable bonds is 8. The van der Waals surface area contributed by atoms with Crippen LogP contribution in [0.4, 0.5) is 0 Å². The Morgan fingerprint density at radius 1 is 1.00 bits per heavy atom. The maximum Gasteiger partial charge on any atom is 0.132 e. The van der Waals surface area contributed by atoms with Crippen molar-refractivity contribution in [3.63, 3.8) is 0 Å². The molecular weight excluding hydrogens is 276 g/mol. The first-order chi connectivity index (χ1) is 8.25. The van der Waals surface area contributed by atoms with Gasteiger partial charge in [-0.3, -0.25) is 0 Å². The molecule has 1 N–H and O–H groups in total. The second kappa shape index (κ2) is 8.57. The lowest BCUT2D eigenvalue weighted by Gasteiger charge is -2.06. The first-order valence-corrected chi connectivity index (χ1v) is 7.51. The third-order valence-electron chi connectivity index (χ3n) is 3.12. The van der Waals surface area contributed by atoms with Crippen molar-refractivity contribution in [2.24, 2.45) is 0 Å². The lowest BCUT2D eigenvalue weighted by Crippen LogP contribution is -1.88. The van der Waals surface area contributed by atoms with Crippen LogP contribution >= 0.6 is 15.9 Å². The van der Waals surface area contributed by atoms with E-state index < -0.39 is 0 Å². The number of phenols is 1. The van der Waals surface area contributed by atoms with Gasteiger partial charge in [-0.1, -0.05) is 57.6 Å². The van der Waals surface area contributed by atoms with E-state index >= 15 is 0 Å². The molecule has 0 heterocycles. The van der Waals surface area contributed by atoms with E-state index in [0.717, 1.165) is 16.5 Å². The SMILES string of the molecule is CCCCCCCCCc1cccc(Br)c1O. The highest BCUT2D eigenvalue weighted by molar-refractivity contribution is 9.10. The van der Waals surface area contributed by atoms with Crippen molar-refractivity contribution < 1.29 is 5.11 Å². The Morgan fingerprint density at radius 2 is 1.65 bits per heavy atom. The molecule has 2 heteroatoms. The fraction of sp³-hybridized carbons (Fsp3) is 0.600. The number of hydrogen-bond donors (Lipinski definition) is 1. The van der Waals surface area contributed by atoms with Crippen LogP contribution in [0.1, 0.15) is 57.4 Å². The van der Waals surface area contributed by atoms with Crippen molar-refractivity contribution >= 4 is 15.9 Å². The van der Waals surface area contributed by atoms with Gasteiger partial charge in [-0.15, -0.1) is 0 Å². The fourth-order valence-corrected chi connectivity index (χ4v) is 2.44. The van der Waals surface area contributed by atoms with E-state index in [0.29, 0.717) is 5.75 Å². The topological polar surface area (TPSA) is 20.2 Å². The molecule has 0 atom stereocenters. The molecule has 0 aromatic heterocycles. The van der Waals surface area contributed by atoms with Gasteiger partial charge in [-0.25, -0.2) is 0 Å². The zero-order valence-electron chi connectivity index (χ0n) is 10.7. The van der Waals surface area contributed by atoms with Crippen molar-refractivity contribution in [2.45, 2.75) is 58.3 Å². The van der Waals surface area contributed by atoms with Crippen LogP contribution in [0.3, 0.4) is 0 Å². The highest BCUT2D eigenvalue weighted by Crippen LogP contribution is 2.28. The highest BCUT2D eigenvalue weighted by Gasteiger charge is 2.03. The molecule has 0 amide bonds. The normalized spacial score (nSPS) is 10.7. The van der Waals surface area contributed by atoms with Gasteiger partial charge < -0.3 is 5.11 Å². The lowest BCUT2D eigenvalue weighted by atomic mass is 10.0. The first kappa shape index (κ1) is 14.6. The zero-order chi connectivity index (χ0) is 12.5. The standard InChI is InChI=1S/C15H23BrO/c1-2-3-4-5-6-7-8-10-13-11-9-12-14(16)15(13)17/h9,11-12,17H,2-8,10H2,1H3. The molecule has 0 unspecified atom stereocenters. The molecule has 1 nitrogen and oxygen atoms in total. The van der Waals surface area contributed by atoms with Crippen molar-refractivity contribution in [1.29, 1.82) is 0 Å². The Kier molecular flexibility index (Phi) is 7.34. The summed E-state index contributed by atoms with van der Waals surface area (Å²) in [6.07, 6.45) is 10.2. The summed E-state index contributed by atoms with van der Waals surface area (Å²) in [5.41, 5.74) is 1.06. The lowest BCUT2D eigenvalue weighted by molar-refractivity contribution is 0.462. The van der Waals surface area contributed by atoms with Crippen LogP contribution in [-0.2, 0) is 6.42 Å². The molecule has 96 valence electrons. The molecule has 1 aromatic carbocycles. The third-order valence-corrected chi connectivity index (χ3v) is 3.76. The smallest absolute Gasteiger partial charge is 0.132 e. The average molecular weight is 299 g/mol. The fourth-order valence-electron chi connectivity index (χ4n) is 2.03. The number of hydrogen-bond acceptors (Lipinski definition) is 1. The van der Waals surface area contributed by atoms with E-state index in [-0.39, 0.29) is 0 Å². The average Bonchev–Trinajstić information content (AvgIpc) is 2.33. The van der Waals surface area contributed by atoms with Gasteiger partial charge >= 0.3 is 0 Å². The van der Waals surface area contributed by atoms with Crippen LogP contribution in [0.2, 0.25) is 0 Å². The predicted molar refractivity (Wildman–Crippen MR) is 77.5 cm³/mol. The molecule has 0 aliphatic carbocycles. The maximum atomic E-state index is 9.82. The molecule has 0 saturated carbocycles. The number of aromatic hydroxyl groups is 1. The Hall–Kier alpha value is -0.500. The summed E-state index contributed by atoms with van der Waals surface area (Å²) in [5.74, 6) is 0.415. The molecule has 0 fully saturated rings. The summed E-state index contributed by atoms with van der Waals surface area (Å²) in [6, 6.07) is 5.88. The Morgan fingerprint density at radius 3 is 2.35 bits per heavy atom. The Balaban J connectivity index is 2.16. The van der Waals surface area contributed by atoms with Crippen LogP contribution in [-0.4, -0.2) is 5.11 Å². The summed E-state index contributed by atoms with van der Waals surface area (Å²) in [5, 5.41) is 9.82. The quantitative estimate of drug-likeness (QED) is 0.633. The molecule has 0 bridgehead atoms. The van der Waals surface area contributed by atoms with Crippen LogP contribution in [0, 0.1) is 0 Å². The van der Waals surface area contributed by atoms with Gasteiger partial charge in [0, 0.05) is 0 Å². The number of halogens is 1. The summed E-state index contributed by atoms with van der Waals surface area (Å²) < 4.78 is 0.804. The van der Waals surface area contributed by atoms with E-state index in [4.69, 9.17) is 0 Å². The van der Waals surface area contributed by atoms with E-state index in [1.54, 1.807) is 0 Å². The van der Waals surface area contributed by atoms with Crippen molar-refractivity contribution in [2.75, 3.05) is 0 Å². The van der Waals surface area contributed by atoms with E-state index in [1.165, 1.54) is 44.9 Å². The number of phenolic OH excluding ortho intramolecular Hbond substituents is 1.